The Morgan fingerprint density at radius 2 is 2.40 bits per heavy atom. The number of hydrogen-bond acceptors (Lipinski definition) is 3. The maximum Gasteiger partial charge on any atom is 0.316 e. The molecule has 1 heterocycles. The summed E-state index contributed by atoms with van der Waals surface area (Å²) in [5, 5.41) is 8.45. The Labute approximate surface area is 57.8 Å². The second kappa shape index (κ2) is 2.38. The van der Waals surface area contributed by atoms with Crippen LogP contribution in [0.2, 0.25) is 0 Å². The smallest absolute Gasteiger partial charge is 0.316 e. The fourth-order valence-corrected chi connectivity index (χ4v) is 1.000. The fourth-order valence-electron chi connectivity index (χ4n) is 1.000. The van der Waals surface area contributed by atoms with Gasteiger partial charge in [0.25, 0.3) is 0 Å². The Morgan fingerprint density at radius 3 is 2.60 bits per heavy atom. The van der Waals surface area contributed by atoms with Crippen molar-refractivity contribution in [1.82, 2.24) is 0 Å². The second-order valence-corrected chi connectivity index (χ2v) is 2.30. The topological polar surface area (TPSA) is 63.6 Å². The zero-order valence-electron chi connectivity index (χ0n) is 5.53. The van der Waals surface area contributed by atoms with E-state index in [1.807, 2.05) is 0 Å². The molecule has 56 valence electrons. The zero-order chi connectivity index (χ0) is 7.72. The summed E-state index contributed by atoms with van der Waals surface area (Å²) >= 11 is 0. The highest BCUT2D eigenvalue weighted by Crippen LogP contribution is 2.16. The summed E-state index contributed by atoms with van der Waals surface area (Å²) < 4.78 is 4.81. The number of ether oxygens (including phenoxy) is 1. The van der Waals surface area contributed by atoms with E-state index in [0.29, 0.717) is 0 Å². The van der Waals surface area contributed by atoms with Crippen LogP contribution in [0.3, 0.4) is 0 Å². The quantitative estimate of drug-likeness (QED) is 0.512. The summed E-state index contributed by atoms with van der Waals surface area (Å²) in [4.78, 5) is 21.0. The first kappa shape index (κ1) is 7.21. The van der Waals surface area contributed by atoms with Gasteiger partial charge in [-0.15, -0.1) is 0 Å². The normalized spacial score (nSPS) is 32.7. The summed E-state index contributed by atoms with van der Waals surface area (Å²) in [6, 6.07) is 0. The first-order valence-electron chi connectivity index (χ1n) is 3.00. The molecule has 0 aromatic carbocycles. The van der Waals surface area contributed by atoms with Crippen LogP contribution in [0.15, 0.2) is 0 Å². The number of carbonyl (C=O) groups is 2. The lowest BCUT2D eigenvalue weighted by atomic mass is 10.0. The molecule has 1 saturated heterocycles. The minimum absolute atomic E-state index is 0.0574. The molecule has 2 unspecified atom stereocenters. The molecular weight excluding hydrogens is 136 g/mol. The lowest BCUT2D eigenvalue weighted by Gasteiger charge is -2.04. The van der Waals surface area contributed by atoms with Crippen molar-refractivity contribution in [3.05, 3.63) is 0 Å². The molecule has 0 aromatic rings. The van der Waals surface area contributed by atoms with Crippen molar-refractivity contribution >= 4 is 11.8 Å². The predicted molar refractivity (Wildman–Crippen MR) is 31.5 cm³/mol. The van der Waals surface area contributed by atoms with Gasteiger partial charge in [0.15, 0.2) is 5.78 Å². The summed E-state index contributed by atoms with van der Waals surface area (Å²) in [6.45, 7) is 1.53. The van der Waals surface area contributed by atoms with Crippen LogP contribution in [0, 0.1) is 5.92 Å². The Bertz CT molecular complexity index is 175. The maximum absolute atomic E-state index is 10.7. The van der Waals surface area contributed by atoms with Crippen LogP contribution in [0.4, 0.5) is 0 Å². The summed E-state index contributed by atoms with van der Waals surface area (Å²) in [5.74, 6) is -2.37. The minimum Gasteiger partial charge on any atom is -0.481 e. The Morgan fingerprint density at radius 1 is 1.80 bits per heavy atom. The highest BCUT2D eigenvalue weighted by molar-refractivity contribution is 6.00. The van der Waals surface area contributed by atoms with Gasteiger partial charge in [0.1, 0.15) is 12.5 Å². The predicted octanol–water partition coefficient (Wildman–Crippen LogP) is -0.325. The molecule has 2 atom stereocenters. The van der Waals surface area contributed by atoms with Crippen molar-refractivity contribution in [3.8, 4) is 0 Å². The van der Waals surface area contributed by atoms with Crippen molar-refractivity contribution in [2.45, 2.75) is 13.0 Å². The van der Waals surface area contributed by atoms with Gasteiger partial charge in [-0.3, -0.25) is 9.59 Å². The molecule has 0 spiro atoms. The van der Waals surface area contributed by atoms with Crippen molar-refractivity contribution in [3.63, 3.8) is 0 Å². The van der Waals surface area contributed by atoms with E-state index in [1.165, 1.54) is 0 Å². The van der Waals surface area contributed by atoms with Crippen LogP contribution in [-0.4, -0.2) is 29.6 Å². The first-order valence-corrected chi connectivity index (χ1v) is 3.00. The highest BCUT2D eigenvalue weighted by atomic mass is 16.5. The molecular formula is C6H8O4. The van der Waals surface area contributed by atoms with Crippen LogP contribution in [0.1, 0.15) is 6.92 Å². The monoisotopic (exact) mass is 144 g/mol. The van der Waals surface area contributed by atoms with Gasteiger partial charge in [-0.05, 0) is 6.92 Å². The third kappa shape index (κ3) is 1.02. The Kier molecular flexibility index (Phi) is 1.72. The number of carboxylic acid groups (broad SMARTS) is 1. The first-order chi connectivity index (χ1) is 4.63. The molecule has 4 nitrogen and oxygen atoms in total. The number of rotatable bonds is 1. The number of aliphatic carboxylic acids is 1. The average molecular weight is 144 g/mol. The largest absolute Gasteiger partial charge is 0.481 e. The number of Topliss-reactive ketones (excluding diaryl/α,β-unsaturated/α-hetero) is 1. The van der Waals surface area contributed by atoms with Gasteiger partial charge in [0, 0.05) is 0 Å². The Hall–Kier alpha value is -0.900. The molecule has 0 bridgehead atoms. The van der Waals surface area contributed by atoms with E-state index in [1.54, 1.807) is 6.92 Å². The lowest BCUT2D eigenvalue weighted by molar-refractivity contribution is -0.145. The van der Waals surface area contributed by atoms with Crippen molar-refractivity contribution in [1.29, 1.82) is 0 Å². The third-order valence-corrected chi connectivity index (χ3v) is 1.57. The number of carbonyl (C=O) groups excluding carboxylic acids is 1. The van der Waals surface area contributed by atoms with Gasteiger partial charge in [-0.25, -0.2) is 0 Å². The average Bonchev–Trinajstić information content (AvgIpc) is 2.11. The molecule has 1 fully saturated rings. The van der Waals surface area contributed by atoms with Crippen LogP contribution >= 0.6 is 0 Å². The molecule has 1 aliphatic rings. The van der Waals surface area contributed by atoms with Gasteiger partial charge in [-0.1, -0.05) is 0 Å². The van der Waals surface area contributed by atoms with Gasteiger partial charge < -0.3 is 9.84 Å². The molecule has 1 N–H and O–H groups in total. The number of ketones is 1. The molecule has 1 aliphatic heterocycles. The molecule has 0 aliphatic carbocycles. The number of carboxylic acids is 1. The molecule has 0 amide bonds. The standard InChI is InChI=1S/C6H8O4/c1-3-5(6(8)9)4(7)2-10-3/h3,5H,2H2,1H3,(H,8,9). The molecule has 1 rings (SSSR count). The number of hydrogen-bond donors (Lipinski definition) is 1. The highest BCUT2D eigenvalue weighted by Gasteiger charge is 2.38. The third-order valence-electron chi connectivity index (χ3n) is 1.57. The molecule has 10 heavy (non-hydrogen) atoms. The van der Waals surface area contributed by atoms with Crippen molar-refractivity contribution in [2.75, 3.05) is 6.61 Å². The van der Waals surface area contributed by atoms with E-state index >= 15 is 0 Å². The van der Waals surface area contributed by atoms with Crippen LogP contribution in [-0.2, 0) is 14.3 Å². The minimum atomic E-state index is -1.09. The second-order valence-electron chi connectivity index (χ2n) is 2.30. The summed E-state index contributed by atoms with van der Waals surface area (Å²) in [6.07, 6.45) is -0.468. The summed E-state index contributed by atoms with van der Waals surface area (Å²) in [7, 11) is 0. The van der Waals surface area contributed by atoms with E-state index in [2.05, 4.69) is 0 Å². The SMILES string of the molecule is CC1OCC(=O)C1C(=O)O. The van der Waals surface area contributed by atoms with Crippen LogP contribution in [0.25, 0.3) is 0 Å². The molecule has 4 heteroatoms. The molecule has 0 aromatic heterocycles. The van der Waals surface area contributed by atoms with E-state index in [-0.39, 0.29) is 12.4 Å². The van der Waals surface area contributed by atoms with E-state index in [9.17, 15) is 9.59 Å². The van der Waals surface area contributed by atoms with Crippen molar-refractivity contribution in [2.24, 2.45) is 5.92 Å². The van der Waals surface area contributed by atoms with E-state index in [4.69, 9.17) is 9.84 Å². The van der Waals surface area contributed by atoms with Gasteiger partial charge in [0.2, 0.25) is 0 Å². The fraction of sp³-hybridized carbons (Fsp3) is 0.667. The lowest BCUT2D eigenvalue weighted by Crippen LogP contribution is -2.26. The van der Waals surface area contributed by atoms with E-state index in [0.717, 1.165) is 0 Å². The van der Waals surface area contributed by atoms with Crippen LogP contribution < -0.4 is 0 Å². The van der Waals surface area contributed by atoms with Gasteiger partial charge in [-0.2, -0.15) is 0 Å². The Balaban J connectivity index is 2.72. The molecule has 0 saturated carbocycles. The molecule has 0 radical (unpaired) electrons. The van der Waals surface area contributed by atoms with Crippen molar-refractivity contribution < 1.29 is 19.4 Å². The van der Waals surface area contributed by atoms with Gasteiger partial charge in [0.05, 0.1) is 6.10 Å². The van der Waals surface area contributed by atoms with E-state index < -0.39 is 18.0 Å². The van der Waals surface area contributed by atoms with Crippen LogP contribution in [0.5, 0.6) is 0 Å². The maximum atomic E-state index is 10.7. The zero-order valence-corrected chi connectivity index (χ0v) is 5.53. The van der Waals surface area contributed by atoms with Gasteiger partial charge >= 0.3 is 5.97 Å². The summed E-state index contributed by atoms with van der Waals surface area (Å²) in [5.41, 5.74) is 0.